The minimum Gasteiger partial charge on any atom is -0.444 e. The predicted molar refractivity (Wildman–Crippen MR) is 185 cm³/mol. The Kier molecular flexibility index (Phi) is 10.9. The Morgan fingerprint density at radius 1 is 1.00 bits per heavy atom. The molecule has 0 unspecified atom stereocenters. The highest BCUT2D eigenvalue weighted by Crippen LogP contribution is 2.37. The smallest absolute Gasteiger partial charge is 0.410 e. The van der Waals surface area contributed by atoms with Gasteiger partial charge in [0.15, 0.2) is 11.9 Å². The van der Waals surface area contributed by atoms with Crippen LogP contribution in [0.2, 0.25) is 10.1 Å². The molecule has 2 atom stereocenters. The van der Waals surface area contributed by atoms with Crippen LogP contribution in [0.15, 0.2) is 66.9 Å². The fourth-order valence-electron chi connectivity index (χ4n) is 5.96. The number of hydrogen-bond acceptors (Lipinski definition) is 6. The second-order valence-corrected chi connectivity index (χ2v) is 19.3. The molecule has 1 aliphatic heterocycles. The zero-order chi connectivity index (χ0) is 34.8. The number of carbonyl (C=O) groups is 2. The molecule has 0 radical (unpaired) electrons. The second-order valence-electron chi connectivity index (χ2n) is 14.6. The molecule has 2 aromatic carbocycles. The molecule has 254 valence electrons. The summed E-state index contributed by atoms with van der Waals surface area (Å²) >= 11 is 6.05. The molecule has 0 aliphatic carbocycles. The lowest BCUT2D eigenvalue weighted by Gasteiger charge is -2.46. The van der Waals surface area contributed by atoms with Crippen LogP contribution >= 0.6 is 11.6 Å². The highest BCUT2D eigenvalue weighted by atomic mass is 35.5. The van der Waals surface area contributed by atoms with E-state index in [-0.39, 0.29) is 41.1 Å². The maximum atomic E-state index is 15.1. The van der Waals surface area contributed by atoms with Crippen molar-refractivity contribution in [2.75, 3.05) is 19.8 Å². The molecule has 2 heterocycles. The average Bonchev–Trinajstić information content (AvgIpc) is 2.99. The first kappa shape index (κ1) is 36.5. The highest BCUT2D eigenvalue weighted by molar-refractivity contribution is 6.99. The molecule has 47 heavy (non-hydrogen) atoms. The quantitative estimate of drug-likeness (QED) is 0.288. The SMILES string of the molecule is Cc1c(Cl)cnc(C(C)(C)NC(=O)[C@@H]2CN(C(=O)OC(C)(C)C)[C@H](CO[Si](c3ccccc3)(c3ccccc3)C(C)(C)C)CO2)c1F. The lowest BCUT2D eigenvalue weighted by Crippen LogP contribution is -2.68. The fourth-order valence-corrected chi connectivity index (χ4v) is 10.7. The van der Waals surface area contributed by atoms with Crippen LogP contribution in [-0.4, -0.2) is 67.7 Å². The maximum Gasteiger partial charge on any atom is 0.410 e. The van der Waals surface area contributed by atoms with Gasteiger partial charge in [0.1, 0.15) is 11.3 Å². The van der Waals surface area contributed by atoms with E-state index in [1.165, 1.54) is 11.1 Å². The summed E-state index contributed by atoms with van der Waals surface area (Å²) in [7, 11) is -2.93. The number of morpholine rings is 1. The Balaban J connectivity index is 1.63. The third-order valence-electron chi connectivity index (χ3n) is 8.35. The molecule has 0 bridgehead atoms. The fraction of sp³-hybridized carbons (Fsp3) is 0.472. The molecular weight excluding hydrogens is 637 g/mol. The molecular formula is C36H47ClFN3O5Si. The van der Waals surface area contributed by atoms with Gasteiger partial charge in [-0.25, -0.2) is 9.18 Å². The molecule has 1 fully saturated rings. The Morgan fingerprint density at radius 2 is 1.55 bits per heavy atom. The maximum absolute atomic E-state index is 15.1. The van der Waals surface area contributed by atoms with Crippen LogP contribution in [-0.2, 0) is 24.2 Å². The third kappa shape index (κ3) is 8.05. The van der Waals surface area contributed by atoms with Crippen molar-refractivity contribution in [3.05, 3.63) is 89.0 Å². The lowest BCUT2D eigenvalue weighted by atomic mass is 9.97. The first-order valence-electron chi connectivity index (χ1n) is 15.9. The van der Waals surface area contributed by atoms with E-state index in [0.717, 1.165) is 10.4 Å². The van der Waals surface area contributed by atoms with Crippen LogP contribution in [0.3, 0.4) is 0 Å². The Hall–Kier alpha value is -3.31. The topological polar surface area (TPSA) is 90.0 Å². The van der Waals surface area contributed by atoms with Crippen molar-refractivity contribution in [3.63, 3.8) is 0 Å². The van der Waals surface area contributed by atoms with E-state index in [0.29, 0.717) is 0 Å². The number of nitrogens with one attached hydrogen (secondary N) is 1. The molecule has 1 aliphatic rings. The molecule has 0 spiro atoms. The van der Waals surface area contributed by atoms with E-state index in [4.69, 9.17) is 25.5 Å². The van der Waals surface area contributed by atoms with Gasteiger partial charge in [-0.2, -0.15) is 0 Å². The van der Waals surface area contributed by atoms with Crippen LogP contribution in [0.5, 0.6) is 0 Å². The van der Waals surface area contributed by atoms with Crippen molar-refractivity contribution in [2.24, 2.45) is 0 Å². The molecule has 3 aromatic rings. The molecule has 8 nitrogen and oxygen atoms in total. The van der Waals surface area contributed by atoms with Crippen molar-refractivity contribution in [3.8, 4) is 0 Å². The van der Waals surface area contributed by atoms with E-state index < -0.39 is 49.4 Å². The number of halogens is 2. The van der Waals surface area contributed by atoms with Gasteiger partial charge in [0.05, 0.1) is 36.4 Å². The first-order chi connectivity index (χ1) is 21.9. The first-order valence-corrected chi connectivity index (χ1v) is 18.2. The van der Waals surface area contributed by atoms with Gasteiger partial charge in [0.25, 0.3) is 14.2 Å². The zero-order valence-corrected chi connectivity index (χ0v) is 30.6. The van der Waals surface area contributed by atoms with Crippen LogP contribution in [0, 0.1) is 12.7 Å². The van der Waals surface area contributed by atoms with E-state index in [1.807, 2.05) is 36.4 Å². The van der Waals surface area contributed by atoms with Gasteiger partial charge in [0, 0.05) is 11.8 Å². The predicted octanol–water partition coefficient (Wildman–Crippen LogP) is 6.11. The number of pyridine rings is 1. The molecule has 1 aromatic heterocycles. The van der Waals surface area contributed by atoms with Crippen molar-refractivity contribution in [1.82, 2.24) is 15.2 Å². The monoisotopic (exact) mass is 683 g/mol. The second kappa shape index (κ2) is 14.0. The molecule has 1 saturated heterocycles. The molecule has 11 heteroatoms. The van der Waals surface area contributed by atoms with E-state index in [2.05, 4.69) is 55.3 Å². The number of hydrogen-bond donors (Lipinski definition) is 1. The van der Waals surface area contributed by atoms with Crippen LogP contribution in [0.4, 0.5) is 9.18 Å². The summed E-state index contributed by atoms with van der Waals surface area (Å²) in [6.45, 7) is 16.9. The van der Waals surface area contributed by atoms with Gasteiger partial charge in [-0.15, -0.1) is 0 Å². The minimum absolute atomic E-state index is 0.0304. The van der Waals surface area contributed by atoms with Crippen LogP contribution in [0.25, 0.3) is 0 Å². The highest BCUT2D eigenvalue weighted by Gasteiger charge is 2.51. The summed E-state index contributed by atoms with van der Waals surface area (Å²) in [6.07, 6.45) is -0.252. The summed E-state index contributed by atoms with van der Waals surface area (Å²) in [5.41, 5.74) is -1.68. The molecule has 0 saturated carbocycles. The number of amides is 2. The van der Waals surface area contributed by atoms with Gasteiger partial charge in [0.2, 0.25) is 0 Å². The summed E-state index contributed by atoms with van der Waals surface area (Å²) in [4.78, 5) is 33.0. The van der Waals surface area contributed by atoms with Crippen LogP contribution in [0.1, 0.15) is 66.6 Å². The molecule has 4 rings (SSSR count). The molecule has 1 N–H and O–H groups in total. The summed E-state index contributed by atoms with van der Waals surface area (Å²) in [6, 6.07) is 19.9. The lowest BCUT2D eigenvalue weighted by molar-refractivity contribution is -0.144. The van der Waals surface area contributed by atoms with Gasteiger partial charge in [-0.05, 0) is 57.0 Å². The summed E-state index contributed by atoms with van der Waals surface area (Å²) in [5, 5.41) is 4.99. The van der Waals surface area contributed by atoms with Crippen LogP contribution < -0.4 is 15.7 Å². The standard InChI is InChI=1S/C36H47ClFN3O5Si/c1-24-28(37)20-39-31(30(24)38)36(8,9)40-32(42)29-21-41(33(43)46-34(2,3)4)25(22-44-29)23-45-47(35(5,6)7,26-16-12-10-13-17-26)27-18-14-11-15-19-27/h10-20,25,29H,21-23H2,1-9H3,(H,40,42)/t25-,29-/m0/s1. The van der Waals surface area contributed by atoms with Crippen molar-refractivity contribution in [2.45, 2.75) is 90.6 Å². The van der Waals surface area contributed by atoms with Crippen molar-refractivity contribution < 1.29 is 27.9 Å². The number of nitrogens with zero attached hydrogens (tertiary/aromatic N) is 2. The van der Waals surface area contributed by atoms with E-state index in [9.17, 15) is 9.59 Å². The molecule has 2 amide bonds. The van der Waals surface area contributed by atoms with E-state index in [1.54, 1.807) is 41.5 Å². The van der Waals surface area contributed by atoms with E-state index >= 15 is 4.39 Å². The number of aromatic nitrogens is 1. The number of carbonyl (C=O) groups excluding carboxylic acids is 2. The Morgan fingerprint density at radius 3 is 2.06 bits per heavy atom. The van der Waals surface area contributed by atoms with Gasteiger partial charge in [-0.1, -0.05) is 93.0 Å². The minimum atomic E-state index is -2.93. The largest absolute Gasteiger partial charge is 0.444 e. The van der Waals surface area contributed by atoms with Gasteiger partial charge >= 0.3 is 6.09 Å². The van der Waals surface area contributed by atoms with Crippen molar-refractivity contribution >= 4 is 42.3 Å². The van der Waals surface area contributed by atoms with Gasteiger partial charge < -0.3 is 19.2 Å². The number of rotatable bonds is 8. The summed E-state index contributed by atoms with van der Waals surface area (Å²) < 4.78 is 34.2. The Bertz CT molecular complexity index is 1520. The average molecular weight is 684 g/mol. The number of benzene rings is 2. The summed E-state index contributed by atoms with van der Waals surface area (Å²) in [5.74, 6) is -1.10. The van der Waals surface area contributed by atoms with Gasteiger partial charge in [-0.3, -0.25) is 14.7 Å². The number of ether oxygens (including phenoxy) is 2. The van der Waals surface area contributed by atoms with Crippen molar-refractivity contribution in [1.29, 1.82) is 0 Å². The zero-order valence-electron chi connectivity index (χ0n) is 28.8. The Labute approximate surface area is 284 Å². The normalized spacial score (nSPS) is 17.7. The third-order valence-corrected chi connectivity index (χ3v) is 13.7.